The number of nitrogens with one attached hydrogen (secondary N) is 1. The summed E-state index contributed by atoms with van der Waals surface area (Å²) in [5.74, 6) is 0.900. The number of halogens is 1. The lowest BCUT2D eigenvalue weighted by molar-refractivity contribution is 0.568. The summed E-state index contributed by atoms with van der Waals surface area (Å²) >= 11 is 5.29. The number of pyridine rings is 1. The Labute approximate surface area is 114 Å². The quantitative estimate of drug-likeness (QED) is 0.911. The average molecular weight is 311 g/mol. The molecule has 2 aromatic rings. The van der Waals surface area contributed by atoms with Crippen LogP contribution >= 0.6 is 27.3 Å². The standard InChI is InChI=1S/C13H15BrN2S/c1-13(2,11-6-4-8-17-11)9-16-12-10(14)5-3-7-15-12/h3-8H,9H2,1-2H3,(H,15,16). The van der Waals surface area contributed by atoms with Crippen LogP contribution in [-0.4, -0.2) is 11.5 Å². The number of hydrogen-bond acceptors (Lipinski definition) is 3. The van der Waals surface area contributed by atoms with Gasteiger partial charge in [0.1, 0.15) is 5.82 Å². The third-order valence-corrected chi connectivity index (χ3v) is 4.52. The zero-order valence-corrected chi connectivity index (χ0v) is 12.3. The van der Waals surface area contributed by atoms with Crippen molar-refractivity contribution in [1.29, 1.82) is 0 Å². The van der Waals surface area contributed by atoms with E-state index in [1.54, 1.807) is 17.5 Å². The first-order chi connectivity index (χ1) is 8.09. The summed E-state index contributed by atoms with van der Waals surface area (Å²) in [6.07, 6.45) is 1.80. The lowest BCUT2D eigenvalue weighted by atomic mass is 9.91. The maximum atomic E-state index is 4.31. The van der Waals surface area contributed by atoms with Crippen molar-refractivity contribution in [2.45, 2.75) is 19.3 Å². The topological polar surface area (TPSA) is 24.9 Å². The molecule has 0 fully saturated rings. The number of rotatable bonds is 4. The van der Waals surface area contributed by atoms with Crippen LogP contribution in [0.15, 0.2) is 40.3 Å². The molecule has 0 amide bonds. The van der Waals surface area contributed by atoms with Crippen molar-refractivity contribution in [2.75, 3.05) is 11.9 Å². The molecule has 4 heteroatoms. The van der Waals surface area contributed by atoms with Crippen LogP contribution in [0.1, 0.15) is 18.7 Å². The molecule has 0 atom stereocenters. The van der Waals surface area contributed by atoms with E-state index in [-0.39, 0.29) is 5.41 Å². The van der Waals surface area contributed by atoms with E-state index in [1.165, 1.54) is 4.88 Å². The van der Waals surface area contributed by atoms with Crippen LogP contribution in [0.4, 0.5) is 5.82 Å². The second kappa shape index (κ2) is 5.19. The zero-order valence-electron chi connectivity index (χ0n) is 9.90. The lowest BCUT2D eigenvalue weighted by Crippen LogP contribution is -2.26. The minimum atomic E-state index is 0.116. The molecule has 0 radical (unpaired) electrons. The van der Waals surface area contributed by atoms with Crippen molar-refractivity contribution >= 4 is 33.1 Å². The van der Waals surface area contributed by atoms with Crippen molar-refractivity contribution in [2.24, 2.45) is 0 Å². The van der Waals surface area contributed by atoms with E-state index in [2.05, 4.69) is 57.6 Å². The predicted molar refractivity (Wildman–Crippen MR) is 77.8 cm³/mol. The number of aromatic nitrogens is 1. The molecular weight excluding hydrogens is 296 g/mol. The summed E-state index contributed by atoms with van der Waals surface area (Å²) in [6, 6.07) is 8.19. The minimum Gasteiger partial charge on any atom is -0.368 e. The third-order valence-electron chi connectivity index (χ3n) is 2.64. The van der Waals surface area contributed by atoms with Crippen LogP contribution in [0.2, 0.25) is 0 Å². The van der Waals surface area contributed by atoms with Gasteiger partial charge in [0.15, 0.2) is 0 Å². The van der Waals surface area contributed by atoms with Gasteiger partial charge >= 0.3 is 0 Å². The molecule has 1 N–H and O–H groups in total. The van der Waals surface area contributed by atoms with Gasteiger partial charge in [0.25, 0.3) is 0 Å². The highest BCUT2D eigenvalue weighted by molar-refractivity contribution is 9.10. The highest BCUT2D eigenvalue weighted by Crippen LogP contribution is 2.28. The molecule has 0 aliphatic rings. The molecule has 0 aliphatic carbocycles. The van der Waals surface area contributed by atoms with Crippen LogP contribution in [0.5, 0.6) is 0 Å². The minimum absolute atomic E-state index is 0.116. The smallest absolute Gasteiger partial charge is 0.140 e. The monoisotopic (exact) mass is 310 g/mol. The summed E-state index contributed by atoms with van der Waals surface area (Å²) in [4.78, 5) is 5.69. The molecule has 0 unspecified atom stereocenters. The largest absolute Gasteiger partial charge is 0.368 e. The molecule has 0 aliphatic heterocycles. The van der Waals surface area contributed by atoms with E-state index in [4.69, 9.17) is 0 Å². The maximum absolute atomic E-state index is 4.31. The molecule has 0 saturated carbocycles. The molecule has 2 aromatic heterocycles. The van der Waals surface area contributed by atoms with Gasteiger partial charge in [0, 0.05) is 23.0 Å². The number of nitrogens with zero attached hydrogens (tertiary/aromatic N) is 1. The molecule has 2 nitrogen and oxygen atoms in total. The van der Waals surface area contributed by atoms with Gasteiger partial charge in [-0.25, -0.2) is 4.98 Å². The van der Waals surface area contributed by atoms with Crippen molar-refractivity contribution in [3.8, 4) is 0 Å². The Morgan fingerprint density at radius 3 is 2.82 bits per heavy atom. The highest BCUT2D eigenvalue weighted by Gasteiger charge is 2.21. The lowest BCUT2D eigenvalue weighted by Gasteiger charge is -2.24. The second-order valence-corrected chi connectivity index (χ2v) is 6.35. The van der Waals surface area contributed by atoms with Gasteiger partial charge in [-0.15, -0.1) is 11.3 Å². The summed E-state index contributed by atoms with van der Waals surface area (Å²) in [6.45, 7) is 5.34. The Balaban J connectivity index is 2.06. The molecule has 0 aromatic carbocycles. The molecule has 0 spiro atoms. The summed E-state index contributed by atoms with van der Waals surface area (Å²) in [7, 11) is 0. The van der Waals surface area contributed by atoms with E-state index in [9.17, 15) is 0 Å². The van der Waals surface area contributed by atoms with E-state index in [0.717, 1.165) is 16.8 Å². The van der Waals surface area contributed by atoms with Crippen molar-refractivity contribution in [3.05, 3.63) is 45.2 Å². The number of hydrogen-bond donors (Lipinski definition) is 1. The SMILES string of the molecule is CC(C)(CNc1ncccc1Br)c1cccs1. The molecular formula is C13H15BrN2S. The molecule has 0 bridgehead atoms. The van der Waals surface area contributed by atoms with Crippen molar-refractivity contribution in [3.63, 3.8) is 0 Å². The summed E-state index contributed by atoms with van der Waals surface area (Å²) in [5.41, 5.74) is 0.116. The summed E-state index contributed by atoms with van der Waals surface area (Å²) in [5, 5.41) is 5.51. The van der Waals surface area contributed by atoms with Gasteiger partial charge in [-0.1, -0.05) is 19.9 Å². The first kappa shape index (κ1) is 12.6. The fourth-order valence-corrected chi connectivity index (χ4v) is 2.82. The molecule has 90 valence electrons. The van der Waals surface area contributed by atoms with Crippen molar-refractivity contribution < 1.29 is 0 Å². The van der Waals surface area contributed by atoms with Gasteiger partial charge in [-0.3, -0.25) is 0 Å². The highest BCUT2D eigenvalue weighted by atomic mass is 79.9. The Morgan fingerprint density at radius 2 is 2.18 bits per heavy atom. The van der Waals surface area contributed by atoms with Gasteiger partial charge in [0.2, 0.25) is 0 Å². The predicted octanol–water partition coefficient (Wildman–Crippen LogP) is 4.30. The Hall–Kier alpha value is -0.870. The molecule has 17 heavy (non-hydrogen) atoms. The normalized spacial score (nSPS) is 11.5. The van der Waals surface area contributed by atoms with Crippen molar-refractivity contribution in [1.82, 2.24) is 4.98 Å². The van der Waals surface area contributed by atoms with E-state index in [1.807, 2.05) is 12.1 Å². The van der Waals surface area contributed by atoms with E-state index < -0.39 is 0 Å². The van der Waals surface area contributed by atoms with Gasteiger partial charge in [-0.05, 0) is 39.5 Å². The summed E-state index contributed by atoms with van der Waals surface area (Å²) < 4.78 is 1.00. The number of thiophene rings is 1. The van der Waals surface area contributed by atoms with Crippen LogP contribution in [0.3, 0.4) is 0 Å². The first-order valence-corrected chi connectivity index (χ1v) is 7.15. The van der Waals surface area contributed by atoms with Crippen LogP contribution < -0.4 is 5.32 Å². The Bertz CT molecular complexity index is 480. The van der Waals surface area contributed by atoms with Gasteiger partial charge < -0.3 is 5.32 Å². The van der Waals surface area contributed by atoms with E-state index >= 15 is 0 Å². The third kappa shape index (κ3) is 3.07. The van der Waals surface area contributed by atoms with E-state index in [0.29, 0.717) is 0 Å². The maximum Gasteiger partial charge on any atom is 0.140 e. The van der Waals surface area contributed by atoms with Crippen LogP contribution in [0.25, 0.3) is 0 Å². The fourth-order valence-electron chi connectivity index (χ4n) is 1.57. The molecule has 2 heterocycles. The average Bonchev–Trinajstić information content (AvgIpc) is 2.82. The fraction of sp³-hybridized carbons (Fsp3) is 0.308. The number of anilines is 1. The second-order valence-electron chi connectivity index (χ2n) is 4.55. The van der Waals surface area contributed by atoms with Gasteiger partial charge in [0.05, 0.1) is 4.47 Å². The van der Waals surface area contributed by atoms with Crippen LogP contribution in [-0.2, 0) is 5.41 Å². The first-order valence-electron chi connectivity index (χ1n) is 5.48. The van der Waals surface area contributed by atoms with Gasteiger partial charge in [-0.2, -0.15) is 0 Å². The zero-order chi connectivity index (χ0) is 12.3. The Morgan fingerprint density at radius 1 is 1.35 bits per heavy atom. The van der Waals surface area contributed by atoms with Crippen LogP contribution in [0, 0.1) is 0 Å². The Kier molecular flexibility index (Phi) is 3.84. The molecule has 0 saturated heterocycles. The molecule has 2 rings (SSSR count).